The number of carbonyl (C=O) groups is 1. The molecule has 98 valence electrons. The van der Waals surface area contributed by atoms with Gasteiger partial charge in [0.2, 0.25) is 0 Å². The number of carbonyl (C=O) groups excluding carboxylic acids is 1. The van der Waals surface area contributed by atoms with Gasteiger partial charge in [-0.3, -0.25) is 4.79 Å². The maximum Gasteiger partial charge on any atom is 0.309 e. The molecule has 5 heteroatoms. The highest BCUT2D eigenvalue weighted by atomic mass is 35.5. The quantitative estimate of drug-likeness (QED) is 0.609. The minimum Gasteiger partial charge on any atom is -0.492 e. The zero-order valence-electron chi connectivity index (χ0n) is 10.5. The Bertz CT molecular complexity index is 450. The maximum absolute atomic E-state index is 11.6. The number of hydrogen-bond donors (Lipinski definition) is 0. The molecule has 0 saturated heterocycles. The van der Waals surface area contributed by atoms with Crippen molar-refractivity contribution in [1.29, 1.82) is 0 Å². The number of ether oxygens (including phenoxy) is 2. The molecule has 0 spiro atoms. The molecule has 4 nitrogen and oxygen atoms in total. The first-order valence-corrected chi connectivity index (χ1v) is 6.51. The van der Waals surface area contributed by atoms with Crippen LogP contribution in [0.5, 0.6) is 5.75 Å². The number of halogens is 1. The van der Waals surface area contributed by atoms with Crippen LogP contribution >= 0.6 is 11.6 Å². The molecule has 1 aromatic rings. The lowest BCUT2D eigenvalue weighted by Crippen LogP contribution is -2.08. The first-order chi connectivity index (χ1) is 8.67. The Kier molecular flexibility index (Phi) is 4.07. The molecular weight excluding hydrogens is 254 g/mol. The lowest BCUT2D eigenvalue weighted by atomic mass is 10.2. The van der Waals surface area contributed by atoms with Gasteiger partial charge in [-0.25, -0.2) is 4.98 Å². The van der Waals surface area contributed by atoms with E-state index in [-0.39, 0.29) is 17.8 Å². The smallest absolute Gasteiger partial charge is 0.309 e. The van der Waals surface area contributed by atoms with E-state index in [9.17, 15) is 4.79 Å². The number of hydrogen-bond acceptors (Lipinski definition) is 4. The molecule has 1 aliphatic rings. The molecule has 0 bridgehead atoms. The molecule has 18 heavy (non-hydrogen) atoms. The highest BCUT2D eigenvalue weighted by Crippen LogP contribution is 2.50. The fourth-order valence-corrected chi connectivity index (χ4v) is 2.14. The lowest BCUT2D eigenvalue weighted by Gasteiger charge is -2.09. The van der Waals surface area contributed by atoms with E-state index < -0.39 is 0 Å². The second-order valence-corrected chi connectivity index (χ2v) is 4.54. The molecule has 0 amide bonds. The average molecular weight is 270 g/mol. The van der Waals surface area contributed by atoms with E-state index >= 15 is 0 Å². The van der Waals surface area contributed by atoms with E-state index in [0.29, 0.717) is 24.1 Å². The van der Waals surface area contributed by atoms with Crippen LogP contribution in [0.3, 0.4) is 0 Å². The SMILES string of the molecule is CCOC(=O)[C@H]1C[C@@H]1c1nc(Cl)ccc1OCC. The Morgan fingerprint density at radius 1 is 1.44 bits per heavy atom. The molecule has 0 radical (unpaired) electrons. The van der Waals surface area contributed by atoms with Crippen LogP contribution in [-0.2, 0) is 9.53 Å². The van der Waals surface area contributed by atoms with Crippen LogP contribution in [0.4, 0.5) is 0 Å². The topological polar surface area (TPSA) is 48.4 Å². The number of esters is 1. The predicted octanol–water partition coefficient (Wildman–Crippen LogP) is 2.80. The minimum atomic E-state index is -0.160. The van der Waals surface area contributed by atoms with Crippen molar-refractivity contribution in [2.45, 2.75) is 26.2 Å². The van der Waals surface area contributed by atoms with Gasteiger partial charge in [-0.15, -0.1) is 0 Å². The highest BCUT2D eigenvalue weighted by Gasteiger charge is 2.47. The number of nitrogens with zero attached hydrogens (tertiary/aromatic N) is 1. The molecule has 1 fully saturated rings. The molecule has 1 aliphatic carbocycles. The van der Waals surface area contributed by atoms with Crippen LogP contribution in [-0.4, -0.2) is 24.2 Å². The van der Waals surface area contributed by atoms with E-state index in [1.165, 1.54) is 0 Å². The van der Waals surface area contributed by atoms with Gasteiger partial charge >= 0.3 is 5.97 Å². The Hall–Kier alpha value is -1.29. The third-order valence-electron chi connectivity index (χ3n) is 2.88. The first-order valence-electron chi connectivity index (χ1n) is 6.13. The molecule has 2 rings (SSSR count). The molecule has 1 heterocycles. The van der Waals surface area contributed by atoms with Gasteiger partial charge in [-0.1, -0.05) is 11.6 Å². The van der Waals surface area contributed by atoms with Gasteiger partial charge in [0.05, 0.1) is 24.8 Å². The third kappa shape index (κ3) is 2.75. The van der Waals surface area contributed by atoms with Crippen molar-refractivity contribution >= 4 is 17.6 Å². The molecule has 0 unspecified atom stereocenters. The van der Waals surface area contributed by atoms with Crippen molar-refractivity contribution in [2.75, 3.05) is 13.2 Å². The standard InChI is InChI=1S/C13H16ClNO3/c1-3-17-10-5-6-11(14)15-12(10)8-7-9(8)13(16)18-4-2/h5-6,8-9H,3-4,7H2,1-2H3/t8-,9-/m0/s1. The number of rotatable bonds is 5. The molecule has 1 saturated carbocycles. The van der Waals surface area contributed by atoms with Gasteiger partial charge in [0.15, 0.2) is 0 Å². The van der Waals surface area contributed by atoms with E-state index in [4.69, 9.17) is 21.1 Å². The maximum atomic E-state index is 11.6. The number of pyridine rings is 1. The second-order valence-electron chi connectivity index (χ2n) is 4.15. The summed E-state index contributed by atoms with van der Waals surface area (Å²) in [5.41, 5.74) is 0.766. The van der Waals surface area contributed by atoms with E-state index in [1.54, 1.807) is 19.1 Å². The molecule has 2 atom stereocenters. The van der Waals surface area contributed by atoms with E-state index in [1.807, 2.05) is 6.92 Å². The van der Waals surface area contributed by atoms with Crippen molar-refractivity contribution in [1.82, 2.24) is 4.98 Å². The van der Waals surface area contributed by atoms with Crippen LogP contribution in [0.2, 0.25) is 5.15 Å². The van der Waals surface area contributed by atoms with Gasteiger partial charge in [0.25, 0.3) is 0 Å². The summed E-state index contributed by atoms with van der Waals surface area (Å²) < 4.78 is 10.5. The fourth-order valence-electron chi connectivity index (χ4n) is 1.99. The van der Waals surface area contributed by atoms with Gasteiger partial charge < -0.3 is 9.47 Å². The summed E-state index contributed by atoms with van der Waals surface area (Å²) in [4.78, 5) is 15.9. The normalized spacial score (nSPS) is 21.5. The van der Waals surface area contributed by atoms with Crippen molar-refractivity contribution in [3.05, 3.63) is 23.0 Å². The van der Waals surface area contributed by atoms with Crippen LogP contribution in [0.15, 0.2) is 12.1 Å². The lowest BCUT2D eigenvalue weighted by molar-refractivity contribution is -0.144. The van der Waals surface area contributed by atoms with Gasteiger partial charge in [-0.05, 0) is 32.4 Å². The Morgan fingerprint density at radius 3 is 2.89 bits per heavy atom. The van der Waals surface area contributed by atoms with Crippen molar-refractivity contribution in [3.63, 3.8) is 0 Å². The molecular formula is C13H16ClNO3. The minimum absolute atomic E-state index is 0.0734. The highest BCUT2D eigenvalue weighted by molar-refractivity contribution is 6.29. The van der Waals surface area contributed by atoms with Crippen molar-refractivity contribution in [2.24, 2.45) is 5.92 Å². The first kappa shape index (κ1) is 13.1. The van der Waals surface area contributed by atoms with Crippen LogP contribution < -0.4 is 4.74 Å². The summed E-state index contributed by atoms with van der Waals surface area (Å²) in [5, 5.41) is 0.419. The Labute approximate surface area is 111 Å². The zero-order valence-corrected chi connectivity index (χ0v) is 11.2. The monoisotopic (exact) mass is 269 g/mol. The summed E-state index contributed by atoms with van der Waals surface area (Å²) >= 11 is 5.89. The summed E-state index contributed by atoms with van der Waals surface area (Å²) in [7, 11) is 0. The summed E-state index contributed by atoms with van der Waals surface area (Å²) in [6.07, 6.45) is 0.756. The summed E-state index contributed by atoms with van der Waals surface area (Å²) in [5.74, 6) is 0.518. The van der Waals surface area contributed by atoms with Crippen LogP contribution in [0.25, 0.3) is 0 Å². The third-order valence-corrected chi connectivity index (χ3v) is 3.09. The zero-order chi connectivity index (χ0) is 13.1. The Morgan fingerprint density at radius 2 is 2.22 bits per heavy atom. The van der Waals surface area contributed by atoms with Gasteiger partial charge in [0.1, 0.15) is 10.9 Å². The van der Waals surface area contributed by atoms with Crippen molar-refractivity contribution in [3.8, 4) is 5.75 Å². The number of aromatic nitrogens is 1. The summed E-state index contributed by atoms with van der Waals surface area (Å²) in [6.45, 7) is 4.68. The Balaban J connectivity index is 2.14. The van der Waals surface area contributed by atoms with E-state index in [2.05, 4.69) is 4.98 Å². The average Bonchev–Trinajstić information content (AvgIpc) is 3.12. The van der Waals surface area contributed by atoms with Crippen LogP contribution in [0.1, 0.15) is 31.9 Å². The second kappa shape index (κ2) is 5.57. The van der Waals surface area contributed by atoms with Gasteiger partial charge in [0, 0.05) is 5.92 Å². The van der Waals surface area contributed by atoms with Crippen molar-refractivity contribution < 1.29 is 14.3 Å². The largest absolute Gasteiger partial charge is 0.492 e. The fraction of sp³-hybridized carbons (Fsp3) is 0.538. The molecule has 0 aliphatic heterocycles. The van der Waals surface area contributed by atoms with E-state index in [0.717, 1.165) is 12.1 Å². The molecule has 0 aromatic carbocycles. The molecule has 1 aromatic heterocycles. The summed E-state index contributed by atoms with van der Waals surface area (Å²) in [6, 6.07) is 3.49. The van der Waals surface area contributed by atoms with Crippen LogP contribution in [0, 0.1) is 5.92 Å². The molecule has 0 N–H and O–H groups in total. The predicted molar refractivity (Wildman–Crippen MR) is 67.9 cm³/mol. The van der Waals surface area contributed by atoms with Gasteiger partial charge in [-0.2, -0.15) is 0 Å².